The van der Waals surface area contributed by atoms with E-state index in [1.165, 1.54) is 32.3 Å². The summed E-state index contributed by atoms with van der Waals surface area (Å²) in [5.74, 6) is 0.219. The number of unbranched alkanes of at least 4 members (excludes halogenated alkanes) is 3. The van der Waals surface area contributed by atoms with Gasteiger partial charge in [0.25, 0.3) is 0 Å². The van der Waals surface area contributed by atoms with Gasteiger partial charge in [-0.25, -0.2) is 0 Å². The lowest BCUT2D eigenvalue weighted by molar-refractivity contribution is -0.114. The molecule has 3 aromatic carbocycles. The third kappa shape index (κ3) is 5.64. The number of carbonyl (C=O) groups excluding carboxylic acids is 1. The van der Waals surface area contributed by atoms with E-state index in [-0.39, 0.29) is 5.78 Å². The van der Waals surface area contributed by atoms with Gasteiger partial charge in [0.15, 0.2) is 5.78 Å². The van der Waals surface area contributed by atoms with Crippen LogP contribution in [0, 0.1) is 0 Å². The van der Waals surface area contributed by atoms with Crippen molar-refractivity contribution in [3.63, 3.8) is 0 Å². The van der Waals surface area contributed by atoms with E-state index in [9.17, 15) is 4.79 Å². The number of hydrogen-bond acceptors (Lipinski definition) is 1. The van der Waals surface area contributed by atoms with E-state index in [2.05, 4.69) is 62.2 Å². The van der Waals surface area contributed by atoms with E-state index in [1.807, 2.05) is 36.4 Å². The first kappa shape index (κ1) is 22.2. The Morgan fingerprint density at radius 3 is 2.48 bits per heavy atom. The minimum absolute atomic E-state index is 0.219. The fourth-order valence-corrected chi connectivity index (χ4v) is 5.32. The molecule has 158 valence electrons. The van der Waals surface area contributed by atoms with Crippen LogP contribution in [0.15, 0.2) is 75.7 Å². The van der Waals surface area contributed by atoms with Gasteiger partial charge in [-0.2, -0.15) is 0 Å². The number of rotatable bonds is 9. The lowest BCUT2D eigenvalue weighted by Crippen LogP contribution is -1.96. The number of hydrogen-bond donors (Lipinski definition) is 0. The number of fused-ring (bicyclic) bond motifs is 3. The van der Waals surface area contributed by atoms with Crippen molar-refractivity contribution in [3.05, 3.63) is 97.9 Å². The molecule has 1 aliphatic rings. The minimum Gasteiger partial charge on any atom is -0.295 e. The molecule has 0 atom stereocenters. The van der Waals surface area contributed by atoms with E-state index >= 15 is 0 Å². The molecule has 3 heteroatoms. The molecule has 3 aromatic rings. The average Bonchev–Trinajstić information content (AvgIpc) is 3.14. The molecule has 0 amide bonds. The number of allylic oxidation sites excluding steroid dienone is 1. The normalized spacial score (nSPS) is 12.2. The van der Waals surface area contributed by atoms with Crippen molar-refractivity contribution >= 4 is 43.7 Å². The number of halogens is 2. The summed E-state index contributed by atoms with van der Waals surface area (Å²) in [6.45, 7) is 0. The Kier molecular flexibility index (Phi) is 7.58. The molecule has 0 N–H and O–H groups in total. The second-order valence-corrected chi connectivity index (χ2v) is 9.92. The molecule has 0 saturated heterocycles. The first-order valence-electron chi connectivity index (χ1n) is 11.0. The van der Waals surface area contributed by atoms with Crippen molar-refractivity contribution in [1.29, 1.82) is 0 Å². The summed E-state index contributed by atoms with van der Waals surface area (Å²) in [5.41, 5.74) is 8.16. The minimum atomic E-state index is 0.219. The smallest absolute Gasteiger partial charge is 0.155 e. The van der Waals surface area contributed by atoms with E-state index in [0.717, 1.165) is 48.6 Å². The second-order valence-electron chi connectivity index (χ2n) is 8.15. The quantitative estimate of drug-likeness (QED) is 0.154. The molecule has 1 nitrogen and oxygen atoms in total. The molecular formula is C28H26Br2O. The molecule has 0 radical (unpaired) electrons. The molecule has 0 aliphatic heterocycles. The van der Waals surface area contributed by atoms with Gasteiger partial charge in [-0.3, -0.25) is 4.79 Å². The number of ketones is 1. The fourth-order valence-electron chi connectivity index (χ4n) is 4.34. The van der Waals surface area contributed by atoms with E-state index in [0.29, 0.717) is 6.42 Å². The maximum atomic E-state index is 12.1. The largest absolute Gasteiger partial charge is 0.295 e. The summed E-state index contributed by atoms with van der Waals surface area (Å²) in [7, 11) is 0. The molecule has 0 aromatic heterocycles. The van der Waals surface area contributed by atoms with E-state index in [1.54, 1.807) is 6.08 Å². The van der Waals surface area contributed by atoms with Gasteiger partial charge in [-0.05, 0) is 83.3 Å². The molecule has 31 heavy (non-hydrogen) atoms. The van der Waals surface area contributed by atoms with Crippen LogP contribution >= 0.6 is 31.9 Å². The number of carbonyl (C=O) groups is 1. The summed E-state index contributed by atoms with van der Waals surface area (Å²) in [5, 5.41) is 0. The van der Waals surface area contributed by atoms with Crippen molar-refractivity contribution in [1.82, 2.24) is 0 Å². The lowest BCUT2D eigenvalue weighted by Gasteiger charge is -2.11. The van der Waals surface area contributed by atoms with Gasteiger partial charge in [0.2, 0.25) is 0 Å². The van der Waals surface area contributed by atoms with Gasteiger partial charge < -0.3 is 0 Å². The maximum Gasteiger partial charge on any atom is 0.155 e. The van der Waals surface area contributed by atoms with Crippen molar-refractivity contribution in [2.45, 2.75) is 44.9 Å². The van der Waals surface area contributed by atoms with Gasteiger partial charge in [-0.15, -0.1) is 0 Å². The summed E-state index contributed by atoms with van der Waals surface area (Å²) in [4.78, 5) is 12.1. The van der Waals surface area contributed by atoms with Crippen LogP contribution in [-0.2, 0) is 17.6 Å². The summed E-state index contributed by atoms with van der Waals surface area (Å²) >= 11 is 7.39. The van der Waals surface area contributed by atoms with Crippen molar-refractivity contribution in [2.24, 2.45) is 0 Å². The van der Waals surface area contributed by atoms with Crippen molar-refractivity contribution in [3.8, 4) is 11.1 Å². The van der Waals surface area contributed by atoms with Crippen LogP contribution in [0.25, 0.3) is 17.2 Å². The molecular weight excluding hydrogens is 512 g/mol. The SMILES string of the molecule is O=C(C=Cc1ccccc1)CCCCCCc1c(Br)ccc2c1Cc1cc(Br)ccc1-2. The molecule has 0 unspecified atom stereocenters. The summed E-state index contributed by atoms with van der Waals surface area (Å²) < 4.78 is 2.37. The topological polar surface area (TPSA) is 17.1 Å². The molecule has 4 rings (SSSR count). The monoisotopic (exact) mass is 536 g/mol. The third-order valence-electron chi connectivity index (χ3n) is 5.96. The molecule has 0 heterocycles. The first-order valence-corrected chi connectivity index (χ1v) is 12.6. The zero-order valence-electron chi connectivity index (χ0n) is 17.5. The average molecular weight is 538 g/mol. The standard InChI is InChI=1S/C28H26Br2O/c29-22-13-15-24-21(18-22)19-27-25(24)16-17-28(30)26(27)11-7-2-1-6-10-23(31)14-12-20-8-4-3-5-9-20/h3-5,8-9,12-18H,1-2,6-7,10-11,19H2. The highest BCUT2D eigenvalue weighted by Gasteiger charge is 2.22. The van der Waals surface area contributed by atoms with Crippen LogP contribution in [0.5, 0.6) is 0 Å². The Balaban J connectivity index is 1.25. The Hall–Kier alpha value is -1.97. The van der Waals surface area contributed by atoms with Crippen LogP contribution in [0.2, 0.25) is 0 Å². The highest BCUT2D eigenvalue weighted by atomic mass is 79.9. The summed E-state index contributed by atoms with van der Waals surface area (Å²) in [6.07, 6.45) is 10.7. The van der Waals surface area contributed by atoms with Gasteiger partial charge in [0, 0.05) is 15.4 Å². The highest BCUT2D eigenvalue weighted by molar-refractivity contribution is 9.10. The van der Waals surface area contributed by atoms with Gasteiger partial charge in [0.05, 0.1) is 0 Å². The Bertz CT molecular complexity index is 1100. The second kappa shape index (κ2) is 10.6. The predicted molar refractivity (Wildman–Crippen MR) is 137 cm³/mol. The van der Waals surface area contributed by atoms with Crippen molar-refractivity contribution < 1.29 is 4.79 Å². The molecule has 1 aliphatic carbocycles. The zero-order valence-corrected chi connectivity index (χ0v) is 20.7. The van der Waals surface area contributed by atoms with Crippen LogP contribution < -0.4 is 0 Å². The van der Waals surface area contributed by atoms with Gasteiger partial charge >= 0.3 is 0 Å². The van der Waals surface area contributed by atoms with Gasteiger partial charge in [-0.1, -0.05) is 93.2 Å². The van der Waals surface area contributed by atoms with E-state index < -0.39 is 0 Å². The van der Waals surface area contributed by atoms with Crippen LogP contribution in [-0.4, -0.2) is 5.78 Å². The highest BCUT2D eigenvalue weighted by Crippen LogP contribution is 2.42. The third-order valence-corrected chi connectivity index (χ3v) is 7.20. The lowest BCUT2D eigenvalue weighted by atomic mass is 9.96. The Labute approximate surface area is 201 Å². The Morgan fingerprint density at radius 1 is 0.871 bits per heavy atom. The number of benzene rings is 3. The van der Waals surface area contributed by atoms with Crippen LogP contribution in [0.4, 0.5) is 0 Å². The van der Waals surface area contributed by atoms with E-state index in [4.69, 9.17) is 0 Å². The predicted octanol–water partition coefficient (Wildman–Crippen LogP) is 8.56. The molecule has 0 bridgehead atoms. The first-order chi connectivity index (χ1) is 15.1. The van der Waals surface area contributed by atoms with Crippen LogP contribution in [0.3, 0.4) is 0 Å². The fraction of sp³-hybridized carbons (Fsp3) is 0.250. The van der Waals surface area contributed by atoms with Crippen molar-refractivity contribution in [2.75, 3.05) is 0 Å². The molecule has 0 saturated carbocycles. The van der Waals surface area contributed by atoms with Crippen LogP contribution in [0.1, 0.15) is 54.4 Å². The molecule has 0 fully saturated rings. The van der Waals surface area contributed by atoms with Gasteiger partial charge in [0.1, 0.15) is 0 Å². The molecule has 0 spiro atoms. The Morgan fingerprint density at radius 2 is 1.65 bits per heavy atom. The summed E-state index contributed by atoms with van der Waals surface area (Å²) in [6, 6.07) is 21.0. The maximum absolute atomic E-state index is 12.1. The zero-order chi connectivity index (χ0) is 21.6.